The number of nitrogens with zero attached hydrogens (tertiary/aromatic N) is 6. The first-order valence-electron chi connectivity index (χ1n) is 28.7. The van der Waals surface area contributed by atoms with Gasteiger partial charge in [0.2, 0.25) is 65.0 Å². The smallest absolute Gasteiger partial charge is 0.246 e. The van der Waals surface area contributed by atoms with Crippen LogP contribution in [-0.4, -0.2) is 201 Å². The number of primary amides is 2. The molecule has 1 aromatic carbocycles. The summed E-state index contributed by atoms with van der Waals surface area (Å²) in [5.41, 5.74) is 33.1. The number of aromatic nitrogens is 2. The highest BCUT2D eigenvalue weighted by Crippen LogP contribution is 2.23. The number of nitrogens with two attached hydrogens (primary N) is 6. The van der Waals surface area contributed by atoms with Crippen molar-refractivity contribution in [3.05, 3.63) is 54.1 Å². The summed E-state index contributed by atoms with van der Waals surface area (Å²) in [6.45, 7) is 5.37. The number of hydrogen-bond acceptors (Lipinski definition) is 15. The molecule has 2 aliphatic rings. The number of aliphatic hydroxyl groups is 1. The molecule has 0 spiro atoms. The van der Waals surface area contributed by atoms with Crippen LogP contribution in [0.15, 0.2) is 52.8 Å². The van der Waals surface area contributed by atoms with Gasteiger partial charge in [0.25, 0.3) is 0 Å². The van der Waals surface area contributed by atoms with E-state index in [2.05, 4.69) is 51.9 Å². The molecular weight excluding hydrogens is 1120 g/mol. The van der Waals surface area contributed by atoms with E-state index in [9.17, 15) is 57.8 Å². The van der Waals surface area contributed by atoms with Crippen LogP contribution in [0.5, 0.6) is 0 Å². The zero-order valence-electron chi connectivity index (χ0n) is 49.4. The van der Waals surface area contributed by atoms with Crippen LogP contribution in [-0.2, 0) is 65.6 Å². The van der Waals surface area contributed by atoms with Crippen LogP contribution in [0.4, 0.5) is 0 Å². The number of carbonyl (C=O) groups excluding carboxylic acids is 11. The van der Waals surface area contributed by atoms with Crippen LogP contribution >= 0.6 is 0 Å². The summed E-state index contributed by atoms with van der Waals surface area (Å²) in [5.74, 6) is -9.20. The molecule has 2 fully saturated rings. The van der Waals surface area contributed by atoms with Crippen LogP contribution in [0.3, 0.4) is 0 Å². The van der Waals surface area contributed by atoms with Gasteiger partial charge in [0.15, 0.2) is 11.9 Å². The molecule has 31 heteroatoms. The number of rotatable bonds is 35. The molecule has 2 aromatic rings. The standard InChI is InChI=1S/C55H87N19O12/c1-32(2)67-47(81)41-26-35(75)29-74(41)50(84)39(27-43(57)77)68-44(78)30-72(25-20-33-12-6-5-7-13-33)48(82)37(15-10-22-65-54(60)61)70-46(80)40-16-11-24-73(40)49(83)38(14-8-9-21-64-53(58)59)69-45(79)36(17-18-42(56)76)71-52(86)55(3,4)51(85)63-23-19-34-28-62-31-66-34/h5-7,12-13,28,31-32,35-41,75H,8-11,14-27,29-30H2,1-4H3,(H2,56,76)(H2,57,77)(H,62,66)(H,63,85)(H,67,81)(H,68,78)(H,69,79)(H,70,80)(H,71,86)(H4,58,59,64)(H4,60,61,65)/t35-,36-,37+,38+,39+,40+,41+/m1/s1. The summed E-state index contributed by atoms with van der Waals surface area (Å²) in [4.78, 5) is 170. The molecule has 1 aromatic heterocycles. The van der Waals surface area contributed by atoms with Gasteiger partial charge in [-0.05, 0) is 91.0 Å². The van der Waals surface area contributed by atoms with Gasteiger partial charge in [-0.1, -0.05) is 30.3 Å². The number of H-pyrrole nitrogens is 1. The average molecular weight is 1210 g/mol. The first-order chi connectivity index (χ1) is 40.7. The van der Waals surface area contributed by atoms with Gasteiger partial charge in [-0.25, -0.2) is 4.98 Å². The van der Waals surface area contributed by atoms with E-state index in [0.717, 1.165) is 21.1 Å². The lowest BCUT2D eigenvalue weighted by atomic mass is 9.90. The fourth-order valence-electron chi connectivity index (χ4n) is 9.78. The van der Waals surface area contributed by atoms with Gasteiger partial charge in [0.1, 0.15) is 41.7 Å². The number of β-amino-alcohol motifs (C(OH)–C–C–N with tert-alkyl or cyclic N) is 1. The molecule has 3 heterocycles. The minimum atomic E-state index is -1.74. The Labute approximate surface area is 499 Å². The summed E-state index contributed by atoms with van der Waals surface area (Å²) in [6.07, 6.45) is 2.08. The number of likely N-dealkylation sites (tertiary alicyclic amines) is 2. The van der Waals surface area contributed by atoms with Crippen molar-refractivity contribution in [3.8, 4) is 0 Å². The fraction of sp³-hybridized carbons (Fsp3) is 0.600. The Balaban J connectivity index is 1.63. The van der Waals surface area contributed by atoms with E-state index in [1.807, 2.05) is 0 Å². The average Bonchev–Trinajstić information content (AvgIpc) is 2.36. The zero-order chi connectivity index (χ0) is 63.7. The number of carbonyl (C=O) groups is 11. The number of nitrogens with one attached hydrogen (secondary N) is 7. The molecule has 474 valence electrons. The van der Waals surface area contributed by atoms with E-state index in [1.165, 1.54) is 25.1 Å². The zero-order valence-corrected chi connectivity index (χ0v) is 49.4. The monoisotopic (exact) mass is 1210 g/mol. The van der Waals surface area contributed by atoms with E-state index in [0.29, 0.717) is 19.3 Å². The molecule has 0 saturated carbocycles. The Morgan fingerprint density at radius 1 is 0.733 bits per heavy atom. The summed E-state index contributed by atoms with van der Waals surface area (Å²) in [6, 6.07) is 0.431. The number of amides is 11. The van der Waals surface area contributed by atoms with Crippen molar-refractivity contribution in [2.75, 3.05) is 45.8 Å². The number of guanidine groups is 2. The lowest BCUT2D eigenvalue weighted by molar-refractivity contribution is -0.145. The maximum Gasteiger partial charge on any atom is 0.246 e. The van der Waals surface area contributed by atoms with Crippen LogP contribution in [0.2, 0.25) is 0 Å². The van der Waals surface area contributed by atoms with Crippen molar-refractivity contribution in [1.29, 1.82) is 0 Å². The highest BCUT2D eigenvalue weighted by molar-refractivity contribution is 6.06. The van der Waals surface area contributed by atoms with E-state index >= 15 is 0 Å². The van der Waals surface area contributed by atoms with Crippen molar-refractivity contribution in [1.82, 2.24) is 56.6 Å². The number of hydrogen-bond donors (Lipinski definition) is 14. The van der Waals surface area contributed by atoms with E-state index in [1.54, 1.807) is 50.4 Å². The van der Waals surface area contributed by atoms with Crippen LogP contribution in [0, 0.1) is 5.41 Å². The SMILES string of the molecule is CC(C)NC(=O)[C@@H]1C[C@@H](O)CN1C(=O)[C@H](CC(N)=O)NC(=O)CN(CCc1ccccc1)C(=O)[C@H](CCCN=C(N)N)NC(=O)[C@@H]1CCCN1C(=O)[C@H](CCCCN=C(N)N)NC(=O)[C@@H](CCC(N)=O)NC(=O)C(C)(C)C(=O)NCCc1cnc[nH]1. The van der Waals surface area contributed by atoms with Gasteiger partial charge in [0.05, 0.1) is 25.4 Å². The highest BCUT2D eigenvalue weighted by Gasteiger charge is 2.44. The summed E-state index contributed by atoms with van der Waals surface area (Å²) in [7, 11) is 0. The molecule has 11 amide bonds. The van der Waals surface area contributed by atoms with Gasteiger partial charge < -0.3 is 91.1 Å². The number of imidazole rings is 1. The molecule has 2 saturated heterocycles. The van der Waals surface area contributed by atoms with Crippen LogP contribution in [0.1, 0.15) is 110 Å². The second-order valence-electron chi connectivity index (χ2n) is 22.1. The first-order valence-corrected chi connectivity index (χ1v) is 28.7. The molecule has 31 nitrogen and oxygen atoms in total. The number of unbranched alkanes of at least 4 members (excludes halogenated alkanes) is 1. The van der Waals surface area contributed by atoms with Crippen molar-refractivity contribution in [2.45, 2.75) is 160 Å². The lowest BCUT2D eigenvalue weighted by Crippen LogP contribution is -2.59. The molecule has 2 aliphatic heterocycles. The van der Waals surface area contributed by atoms with Crippen molar-refractivity contribution < 1.29 is 57.8 Å². The summed E-state index contributed by atoms with van der Waals surface area (Å²) < 4.78 is 0. The maximum atomic E-state index is 15.0. The minimum Gasteiger partial charge on any atom is -0.391 e. The molecule has 0 aliphatic carbocycles. The summed E-state index contributed by atoms with van der Waals surface area (Å²) >= 11 is 0. The normalized spacial score (nSPS) is 17.0. The lowest BCUT2D eigenvalue weighted by Gasteiger charge is -2.32. The fourth-order valence-corrected chi connectivity index (χ4v) is 9.78. The third kappa shape index (κ3) is 22.6. The predicted molar refractivity (Wildman–Crippen MR) is 314 cm³/mol. The molecule has 0 unspecified atom stereocenters. The van der Waals surface area contributed by atoms with Gasteiger partial charge in [-0.3, -0.25) is 62.7 Å². The Morgan fingerprint density at radius 3 is 2.01 bits per heavy atom. The maximum absolute atomic E-state index is 15.0. The van der Waals surface area contributed by atoms with Gasteiger partial charge >= 0.3 is 0 Å². The molecule has 0 bridgehead atoms. The molecule has 7 atom stereocenters. The first kappa shape index (κ1) is 69.6. The molecule has 4 rings (SSSR count). The van der Waals surface area contributed by atoms with Crippen molar-refractivity contribution in [2.24, 2.45) is 49.8 Å². The van der Waals surface area contributed by atoms with Gasteiger partial charge in [-0.2, -0.15) is 0 Å². The topological polar surface area (TPSA) is 499 Å². The van der Waals surface area contributed by atoms with Gasteiger partial charge in [-0.15, -0.1) is 0 Å². The van der Waals surface area contributed by atoms with Crippen LogP contribution in [0.25, 0.3) is 0 Å². The number of benzene rings is 1. The number of aliphatic imine (C=N–C) groups is 2. The highest BCUT2D eigenvalue weighted by atomic mass is 16.3. The molecule has 0 radical (unpaired) electrons. The van der Waals surface area contributed by atoms with Crippen molar-refractivity contribution in [3.63, 3.8) is 0 Å². The van der Waals surface area contributed by atoms with E-state index in [4.69, 9.17) is 34.4 Å². The third-order valence-corrected chi connectivity index (χ3v) is 14.4. The second kappa shape index (κ2) is 34.2. The number of aliphatic hydroxyl groups excluding tert-OH is 1. The Bertz CT molecular complexity index is 2720. The third-order valence-electron chi connectivity index (χ3n) is 14.4. The van der Waals surface area contributed by atoms with Crippen molar-refractivity contribution >= 4 is 76.9 Å². The summed E-state index contributed by atoms with van der Waals surface area (Å²) in [5, 5.41) is 26.5. The van der Waals surface area contributed by atoms with Gasteiger partial charge in [0, 0.05) is 76.5 Å². The Hall–Kier alpha value is -8.90. The number of aromatic amines is 1. The minimum absolute atomic E-state index is 0.0155. The predicted octanol–water partition coefficient (Wildman–Crippen LogP) is -4.78. The van der Waals surface area contributed by atoms with Crippen LogP contribution < -0.4 is 66.3 Å². The van der Waals surface area contributed by atoms with E-state index < -0.39 is 126 Å². The Kier molecular flexibility index (Phi) is 27.6. The largest absolute Gasteiger partial charge is 0.391 e. The quantitative estimate of drug-likeness (QED) is 0.0133. The Morgan fingerprint density at radius 2 is 1.38 bits per heavy atom. The van der Waals surface area contributed by atoms with E-state index in [-0.39, 0.29) is 115 Å². The molecule has 86 heavy (non-hydrogen) atoms. The molecule has 20 N–H and O–H groups in total. The molecular formula is C55H87N19O12. The second-order valence-corrected chi connectivity index (χ2v) is 22.1.